The molecule has 1 aromatic carbocycles. The van der Waals surface area contributed by atoms with Crippen molar-refractivity contribution in [1.82, 2.24) is 0 Å². The van der Waals surface area contributed by atoms with Crippen LogP contribution in [0.4, 0.5) is 10.1 Å². The molecule has 3 heteroatoms. The van der Waals surface area contributed by atoms with Crippen LogP contribution in [0.15, 0.2) is 24.3 Å². The van der Waals surface area contributed by atoms with Crippen LogP contribution in [0.25, 0.3) is 0 Å². The highest BCUT2D eigenvalue weighted by atomic mass is 79.9. The van der Waals surface area contributed by atoms with Gasteiger partial charge in [0, 0.05) is 24.6 Å². The van der Waals surface area contributed by atoms with E-state index in [1.54, 1.807) is 12.1 Å². The zero-order valence-corrected chi connectivity index (χ0v) is 10.1. The minimum atomic E-state index is -0.185. The van der Waals surface area contributed by atoms with E-state index in [-0.39, 0.29) is 5.82 Å². The molecule has 14 heavy (non-hydrogen) atoms. The van der Waals surface area contributed by atoms with Crippen molar-refractivity contribution in [2.75, 3.05) is 23.8 Å². The molecule has 0 saturated carbocycles. The Morgan fingerprint density at radius 2 is 1.93 bits per heavy atom. The van der Waals surface area contributed by atoms with E-state index in [0.29, 0.717) is 5.92 Å². The highest BCUT2D eigenvalue weighted by Gasteiger charge is 2.05. The van der Waals surface area contributed by atoms with Crippen molar-refractivity contribution < 1.29 is 4.39 Å². The molecule has 0 saturated heterocycles. The van der Waals surface area contributed by atoms with Crippen LogP contribution in [0, 0.1) is 11.7 Å². The molecule has 0 radical (unpaired) electrons. The van der Waals surface area contributed by atoms with E-state index in [2.05, 4.69) is 27.8 Å². The monoisotopic (exact) mass is 259 g/mol. The minimum absolute atomic E-state index is 0.185. The molecule has 78 valence electrons. The summed E-state index contributed by atoms with van der Waals surface area (Å²) in [6.07, 6.45) is 0. The van der Waals surface area contributed by atoms with E-state index in [1.165, 1.54) is 12.1 Å². The molecule has 1 nitrogen and oxygen atoms in total. The summed E-state index contributed by atoms with van der Waals surface area (Å²) in [6.45, 7) is 3.14. The fourth-order valence-electron chi connectivity index (χ4n) is 1.32. The van der Waals surface area contributed by atoms with E-state index in [9.17, 15) is 4.39 Å². The number of anilines is 1. The molecule has 0 aliphatic heterocycles. The lowest BCUT2D eigenvalue weighted by atomic mass is 10.2. The average Bonchev–Trinajstić information content (AvgIpc) is 2.18. The third-order valence-corrected chi connectivity index (χ3v) is 3.22. The van der Waals surface area contributed by atoms with Gasteiger partial charge in [-0.2, -0.15) is 0 Å². The smallest absolute Gasteiger partial charge is 0.123 e. The van der Waals surface area contributed by atoms with E-state index >= 15 is 0 Å². The normalized spacial score (nSPS) is 12.6. The Hall–Kier alpha value is -0.570. The standard InChI is InChI=1S/C11H15BrFN/c1-9(7-12)8-14(2)11-5-3-10(13)4-6-11/h3-6,9H,7-8H2,1-2H3. The summed E-state index contributed by atoms with van der Waals surface area (Å²) >= 11 is 3.44. The van der Waals surface area contributed by atoms with E-state index < -0.39 is 0 Å². The third-order valence-electron chi connectivity index (χ3n) is 2.12. The molecule has 0 aliphatic carbocycles. The van der Waals surface area contributed by atoms with Gasteiger partial charge < -0.3 is 4.90 Å². The molecule has 0 bridgehead atoms. The molecule has 0 aliphatic rings. The van der Waals surface area contributed by atoms with Crippen molar-refractivity contribution in [3.05, 3.63) is 30.1 Å². The SMILES string of the molecule is CC(CBr)CN(C)c1ccc(F)cc1. The summed E-state index contributed by atoms with van der Waals surface area (Å²) < 4.78 is 12.7. The van der Waals surface area contributed by atoms with Gasteiger partial charge in [-0.05, 0) is 30.2 Å². The van der Waals surface area contributed by atoms with Crippen LogP contribution in [-0.4, -0.2) is 18.9 Å². The summed E-state index contributed by atoms with van der Waals surface area (Å²) in [4.78, 5) is 2.13. The van der Waals surface area contributed by atoms with Crippen LogP contribution in [0.3, 0.4) is 0 Å². The Morgan fingerprint density at radius 3 is 2.43 bits per heavy atom. The molecule has 0 heterocycles. The molecule has 0 aromatic heterocycles. The van der Waals surface area contributed by atoms with Crippen LogP contribution in [0.2, 0.25) is 0 Å². The van der Waals surface area contributed by atoms with Crippen LogP contribution < -0.4 is 4.90 Å². The largest absolute Gasteiger partial charge is 0.374 e. The Balaban J connectivity index is 2.60. The maximum Gasteiger partial charge on any atom is 0.123 e. The summed E-state index contributed by atoms with van der Waals surface area (Å²) in [6, 6.07) is 6.59. The van der Waals surface area contributed by atoms with Gasteiger partial charge in [0.15, 0.2) is 0 Å². The van der Waals surface area contributed by atoms with Crippen molar-refractivity contribution in [3.63, 3.8) is 0 Å². The van der Waals surface area contributed by atoms with Gasteiger partial charge in [-0.25, -0.2) is 4.39 Å². The lowest BCUT2D eigenvalue weighted by Crippen LogP contribution is -2.24. The first kappa shape index (κ1) is 11.5. The van der Waals surface area contributed by atoms with Crippen molar-refractivity contribution in [2.45, 2.75) is 6.92 Å². The number of alkyl halides is 1. The zero-order valence-electron chi connectivity index (χ0n) is 8.50. The first-order valence-electron chi connectivity index (χ1n) is 4.66. The first-order valence-corrected chi connectivity index (χ1v) is 5.78. The Morgan fingerprint density at radius 1 is 1.36 bits per heavy atom. The van der Waals surface area contributed by atoms with Crippen molar-refractivity contribution >= 4 is 21.6 Å². The maximum atomic E-state index is 12.7. The van der Waals surface area contributed by atoms with Crippen molar-refractivity contribution in [2.24, 2.45) is 5.92 Å². The van der Waals surface area contributed by atoms with Gasteiger partial charge in [-0.1, -0.05) is 22.9 Å². The molecule has 0 N–H and O–H groups in total. The number of rotatable bonds is 4. The van der Waals surface area contributed by atoms with Gasteiger partial charge in [-0.15, -0.1) is 0 Å². The second-order valence-corrected chi connectivity index (χ2v) is 4.26. The van der Waals surface area contributed by atoms with Gasteiger partial charge in [0.2, 0.25) is 0 Å². The molecule has 0 spiro atoms. The molecular formula is C11H15BrFN. The summed E-state index contributed by atoms with van der Waals surface area (Å²) in [7, 11) is 2.02. The van der Waals surface area contributed by atoms with Gasteiger partial charge in [-0.3, -0.25) is 0 Å². The van der Waals surface area contributed by atoms with Crippen LogP contribution in [0.1, 0.15) is 6.92 Å². The number of hydrogen-bond donors (Lipinski definition) is 0. The molecule has 0 amide bonds. The van der Waals surface area contributed by atoms with Crippen molar-refractivity contribution in [3.8, 4) is 0 Å². The van der Waals surface area contributed by atoms with Crippen LogP contribution in [0.5, 0.6) is 0 Å². The predicted molar refractivity (Wildman–Crippen MR) is 62.6 cm³/mol. The lowest BCUT2D eigenvalue weighted by Gasteiger charge is -2.22. The van der Waals surface area contributed by atoms with E-state index in [4.69, 9.17) is 0 Å². The maximum absolute atomic E-state index is 12.7. The topological polar surface area (TPSA) is 3.24 Å². The number of nitrogens with zero attached hydrogens (tertiary/aromatic N) is 1. The Labute approximate surface area is 93.0 Å². The van der Waals surface area contributed by atoms with Gasteiger partial charge in [0.05, 0.1) is 0 Å². The quantitative estimate of drug-likeness (QED) is 0.751. The predicted octanol–water partition coefficient (Wildman–Crippen LogP) is 3.29. The summed E-state index contributed by atoms with van der Waals surface area (Å²) in [5, 5.41) is 0.985. The Bertz CT molecular complexity index is 273. The highest BCUT2D eigenvalue weighted by Crippen LogP contribution is 2.15. The second-order valence-electron chi connectivity index (χ2n) is 3.62. The molecule has 1 atom stereocenters. The number of benzene rings is 1. The fraction of sp³-hybridized carbons (Fsp3) is 0.455. The van der Waals surface area contributed by atoms with E-state index in [0.717, 1.165) is 17.6 Å². The highest BCUT2D eigenvalue weighted by molar-refractivity contribution is 9.09. The molecule has 1 unspecified atom stereocenters. The first-order chi connectivity index (χ1) is 6.63. The minimum Gasteiger partial charge on any atom is -0.374 e. The van der Waals surface area contributed by atoms with Crippen LogP contribution in [-0.2, 0) is 0 Å². The fourth-order valence-corrected chi connectivity index (χ4v) is 1.52. The van der Waals surface area contributed by atoms with Crippen LogP contribution >= 0.6 is 15.9 Å². The lowest BCUT2D eigenvalue weighted by molar-refractivity contribution is 0.625. The average molecular weight is 260 g/mol. The second kappa shape index (κ2) is 5.35. The van der Waals surface area contributed by atoms with Gasteiger partial charge in [0.1, 0.15) is 5.82 Å². The number of hydrogen-bond acceptors (Lipinski definition) is 1. The van der Waals surface area contributed by atoms with Crippen molar-refractivity contribution in [1.29, 1.82) is 0 Å². The van der Waals surface area contributed by atoms with E-state index in [1.807, 2.05) is 7.05 Å². The summed E-state index contributed by atoms with van der Waals surface area (Å²) in [5.74, 6) is 0.403. The zero-order chi connectivity index (χ0) is 10.6. The molecule has 0 fully saturated rings. The molecular weight excluding hydrogens is 245 g/mol. The third kappa shape index (κ3) is 3.29. The molecule has 1 rings (SSSR count). The van der Waals surface area contributed by atoms with Gasteiger partial charge in [0.25, 0.3) is 0 Å². The molecule has 1 aromatic rings. The Kier molecular flexibility index (Phi) is 4.39. The van der Waals surface area contributed by atoms with Gasteiger partial charge >= 0.3 is 0 Å². The summed E-state index contributed by atoms with van der Waals surface area (Å²) in [5.41, 5.74) is 1.05. The number of halogens is 2.